The minimum absolute atomic E-state index is 0.0813. The van der Waals surface area contributed by atoms with E-state index in [0.29, 0.717) is 18.8 Å². The lowest BCUT2D eigenvalue weighted by Gasteiger charge is -2.33. The Balaban J connectivity index is 1.41. The monoisotopic (exact) mass is 434 g/mol. The van der Waals surface area contributed by atoms with Crippen LogP contribution in [-0.4, -0.2) is 71.1 Å². The highest BCUT2D eigenvalue weighted by Gasteiger charge is 2.21. The van der Waals surface area contributed by atoms with Crippen molar-refractivity contribution in [3.05, 3.63) is 40.1 Å². The predicted molar refractivity (Wildman–Crippen MR) is 114 cm³/mol. The molecule has 10 heteroatoms. The molecule has 0 aliphatic carbocycles. The second kappa shape index (κ2) is 11.1. The lowest BCUT2D eigenvalue weighted by atomic mass is 10.3. The molecule has 2 heterocycles. The third-order valence-corrected chi connectivity index (χ3v) is 5.71. The Morgan fingerprint density at radius 1 is 1.10 bits per heavy atom. The largest absolute Gasteiger partial charge is 0.355 e. The van der Waals surface area contributed by atoms with E-state index >= 15 is 0 Å². The first-order valence-electron chi connectivity index (χ1n) is 10.1. The van der Waals surface area contributed by atoms with E-state index in [4.69, 9.17) is 0 Å². The summed E-state index contributed by atoms with van der Waals surface area (Å²) in [5.74, 6) is -0.634. The molecule has 1 fully saturated rings. The highest BCUT2D eigenvalue weighted by Crippen LogP contribution is 2.16. The number of nitrogens with zero attached hydrogens (tertiary/aromatic N) is 4. The number of hydrogen-bond donors (Lipinski definition) is 2. The maximum absolute atomic E-state index is 13.0. The Bertz CT molecular complexity index is 836. The van der Waals surface area contributed by atoms with Gasteiger partial charge in [0.25, 0.3) is 5.91 Å². The Kier molecular flexibility index (Phi) is 8.23. The number of unbranched alkanes of at least 4 members (excludes halogenated alkanes) is 1. The zero-order chi connectivity index (χ0) is 21.3. The van der Waals surface area contributed by atoms with Gasteiger partial charge in [0.05, 0.1) is 13.1 Å². The van der Waals surface area contributed by atoms with Crippen LogP contribution in [0.1, 0.15) is 34.6 Å². The maximum Gasteiger partial charge on any atom is 0.286 e. The van der Waals surface area contributed by atoms with Crippen LogP contribution < -0.4 is 10.6 Å². The molecule has 1 saturated heterocycles. The van der Waals surface area contributed by atoms with E-state index in [-0.39, 0.29) is 22.6 Å². The fourth-order valence-corrected chi connectivity index (χ4v) is 3.86. The summed E-state index contributed by atoms with van der Waals surface area (Å²) in [4.78, 5) is 28.6. The summed E-state index contributed by atoms with van der Waals surface area (Å²) in [5.41, 5.74) is 0.507. The normalized spacial score (nSPS) is 15.1. The lowest BCUT2D eigenvalue weighted by Crippen LogP contribution is -2.49. The van der Waals surface area contributed by atoms with Crippen LogP contribution in [0.25, 0.3) is 0 Å². The minimum atomic E-state index is -0.358. The van der Waals surface area contributed by atoms with Gasteiger partial charge < -0.3 is 10.6 Å². The topological polar surface area (TPSA) is 90.5 Å². The van der Waals surface area contributed by atoms with Gasteiger partial charge in [-0.1, -0.05) is 24.7 Å². The summed E-state index contributed by atoms with van der Waals surface area (Å²) >= 11 is 1.25. The van der Waals surface area contributed by atoms with Crippen molar-refractivity contribution in [2.45, 2.75) is 26.3 Å². The van der Waals surface area contributed by atoms with Gasteiger partial charge in [0.1, 0.15) is 10.8 Å². The molecule has 1 aromatic heterocycles. The Morgan fingerprint density at radius 3 is 2.50 bits per heavy atom. The molecule has 2 aromatic rings. The van der Waals surface area contributed by atoms with Gasteiger partial charge in [-0.3, -0.25) is 19.4 Å². The van der Waals surface area contributed by atoms with E-state index in [2.05, 4.69) is 37.6 Å². The van der Waals surface area contributed by atoms with Crippen LogP contribution in [0.3, 0.4) is 0 Å². The first kappa shape index (κ1) is 22.3. The number of hydrogen-bond acceptors (Lipinski definition) is 7. The number of carbonyl (C=O) groups excluding carboxylic acids is 2. The van der Waals surface area contributed by atoms with E-state index in [0.717, 1.165) is 50.6 Å². The number of aromatic nitrogens is 2. The van der Waals surface area contributed by atoms with E-state index in [1.54, 1.807) is 0 Å². The van der Waals surface area contributed by atoms with Gasteiger partial charge in [0.15, 0.2) is 0 Å². The first-order chi connectivity index (χ1) is 14.5. The van der Waals surface area contributed by atoms with Crippen molar-refractivity contribution in [1.82, 2.24) is 25.3 Å². The quantitative estimate of drug-likeness (QED) is 0.587. The molecule has 2 N–H and O–H groups in total. The van der Waals surface area contributed by atoms with E-state index in [1.165, 1.54) is 35.6 Å². The fourth-order valence-electron chi connectivity index (χ4n) is 3.09. The summed E-state index contributed by atoms with van der Waals surface area (Å²) in [6, 6.07) is 5.57. The zero-order valence-corrected chi connectivity index (χ0v) is 17.9. The van der Waals surface area contributed by atoms with Crippen molar-refractivity contribution < 1.29 is 14.0 Å². The molecule has 0 unspecified atom stereocenters. The first-order valence-corrected chi connectivity index (χ1v) is 11.0. The molecule has 2 amide bonds. The van der Waals surface area contributed by atoms with Crippen LogP contribution in [0, 0.1) is 5.82 Å². The summed E-state index contributed by atoms with van der Waals surface area (Å²) in [7, 11) is 0. The van der Waals surface area contributed by atoms with Crippen molar-refractivity contribution in [2.24, 2.45) is 0 Å². The standard InChI is InChI=1S/C20H27FN6O2S/c1-2-3-8-22-17(28)13-26-9-11-27(12-10-26)14-18-24-25-20(30-18)19(29)23-16-6-4-15(21)5-7-16/h4-7H,2-3,8-14H2,1H3,(H,22,28)(H,23,29). The maximum atomic E-state index is 13.0. The molecule has 8 nitrogen and oxygen atoms in total. The van der Waals surface area contributed by atoms with Gasteiger partial charge in [0.2, 0.25) is 10.9 Å². The summed E-state index contributed by atoms with van der Waals surface area (Å²) < 4.78 is 13.0. The molecule has 1 aromatic carbocycles. The molecule has 0 atom stereocenters. The molecule has 162 valence electrons. The Labute approximate surface area is 179 Å². The second-order valence-corrected chi connectivity index (χ2v) is 8.28. The van der Waals surface area contributed by atoms with Crippen molar-refractivity contribution in [3.8, 4) is 0 Å². The van der Waals surface area contributed by atoms with Gasteiger partial charge in [-0.25, -0.2) is 4.39 Å². The molecule has 0 radical (unpaired) electrons. The van der Waals surface area contributed by atoms with E-state index in [1.807, 2.05) is 0 Å². The van der Waals surface area contributed by atoms with Crippen LogP contribution in [0.15, 0.2) is 24.3 Å². The number of amides is 2. The average Bonchev–Trinajstić information content (AvgIpc) is 3.20. The number of anilines is 1. The third kappa shape index (κ3) is 6.82. The van der Waals surface area contributed by atoms with Crippen LogP contribution in [0.2, 0.25) is 0 Å². The molecule has 0 spiro atoms. The summed E-state index contributed by atoms with van der Waals surface area (Å²) in [6.45, 7) is 7.20. The molecule has 30 heavy (non-hydrogen) atoms. The zero-order valence-electron chi connectivity index (χ0n) is 17.1. The molecular weight excluding hydrogens is 407 g/mol. The highest BCUT2D eigenvalue weighted by atomic mass is 32.1. The number of rotatable bonds is 9. The average molecular weight is 435 g/mol. The van der Waals surface area contributed by atoms with Crippen molar-refractivity contribution in [3.63, 3.8) is 0 Å². The number of nitrogens with one attached hydrogen (secondary N) is 2. The highest BCUT2D eigenvalue weighted by molar-refractivity contribution is 7.13. The van der Waals surface area contributed by atoms with Gasteiger partial charge in [-0.2, -0.15) is 0 Å². The molecule has 0 saturated carbocycles. The third-order valence-electron chi connectivity index (χ3n) is 4.81. The van der Waals surface area contributed by atoms with Crippen LogP contribution in [0.5, 0.6) is 0 Å². The number of halogens is 1. The van der Waals surface area contributed by atoms with Crippen molar-refractivity contribution in [1.29, 1.82) is 0 Å². The van der Waals surface area contributed by atoms with Crippen molar-refractivity contribution in [2.75, 3.05) is 44.6 Å². The predicted octanol–water partition coefficient (Wildman–Crippen LogP) is 1.96. The molecule has 3 rings (SSSR count). The Hall–Kier alpha value is -2.43. The van der Waals surface area contributed by atoms with Gasteiger partial charge in [0, 0.05) is 38.4 Å². The van der Waals surface area contributed by atoms with Crippen LogP contribution in [-0.2, 0) is 11.3 Å². The number of carbonyl (C=O) groups is 2. The van der Waals surface area contributed by atoms with Crippen LogP contribution >= 0.6 is 11.3 Å². The summed E-state index contributed by atoms with van der Waals surface area (Å²) in [6.07, 6.45) is 2.07. The van der Waals surface area contributed by atoms with E-state index < -0.39 is 0 Å². The summed E-state index contributed by atoms with van der Waals surface area (Å²) in [5, 5.41) is 14.8. The van der Waals surface area contributed by atoms with Crippen molar-refractivity contribution >= 4 is 28.8 Å². The molecule has 1 aliphatic heterocycles. The SMILES string of the molecule is CCCCNC(=O)CN1CCN(Cc2nnc(C(=O)Nc3ccc(F)cc3)s2)CC1. The van der Waals surface area contributed by atoms with Gasteiger partial charge in [-0.05, 0) is 30.7 Å². The number of piperazine rings is 1. The fraction of sp³-hybridized carbons (Fsp3) is 0.500. The molecular formula is C20H27FN6O2S. The van der Waals surface area contributed by atoms with Crippen LogP contribution in [0.4, 0.5) is 10.1 Å². The lowest BCUT2D eigenvalue weighted by molar-refractivity contribution is -0.122. The second-order valence-electron chi connectivity index (χ2n) is 7.22. The molecule has 1 aliphatic rings. The van der Waals surface area contributed by atoms with Gasteiger partial charge in [-0.15, -0.1) is 10.2 Å². The number of benzene rings is 1. The van der Waals surface area contributed by atoms with E-state index in [9.17, 15) is 14.0 Å². The smallest absolute Gasteiger partial charge is 0.286 e. The van der Waals surface area contributed by atoms with Gasteiger partial charge >= 0.3 is 0 Å². The Morgan fingerprint density at radius 2 is 1.80 bits per heavy atom. The molecule has 0 bridgehead atoms. The minimum Gasteiger partial charge on any atom is -0.355 e.